The number of hydrogen-bond acceptors (Lipinski definition) is 4. The lowest BCUT2D eigenvalue weighted by molar-refractivity contribution is -0.122. The Hall–Kier alpha value is -4.63. The van der Waals surface area contributed by atoms with E-state index in [-0.39, 0.29) is 6.54 Å². The lowest BCUT2D eigenvalue weighted by atomic mass is 9.95. The number of rotatable bonds is 5. The average Bonchev–Trinajstić information content (AvgIpc) is 3.64. The first-order valence-electron chi connectivity index (χ1n) is 12.1. The summed E-state index contributed by atoms with van der Waals surface area (Å²) in [5.41, 5.74) is 5.07. The maximum Gasteiger partial charge on any atom is 0.407 e. The molecule has 3 unspecified atom stereocenters. The van der Waals surface area contributed by atoms with Crippen molar-refractivity contribution in [2.45, 2.75) is 18.6 Å². The van der Waals surface area contributed by atoms with Crippen LogP contribution in [0.1, 0.15) is 5.56 Å². The highest BCUT2D eigenvalue weighted by Gasteiger charge is 2.46. The number of amides is 2. The Labute approximate surface area is 211 Å². The van der Waals surface area contributed by atoms with Gasteiger partial charge in [0.15, 0.2) is 0 Å². The molecule has 9 nitrogen and oxygen atoms in total. The van der Waals surface area contributed by atoms with Crippen LogP contribution in [0, 0.1) is 5.92 Å². The van der Waals surface area contributed by atoms with E-state index in [1.807, 2.05) is 72.9 Å². The van der Waals surface area contributed by atoms with Gasteiger partial charge in [0.25, 0.3) is 0 Å². The molecule has 6 rings (SSSR count). The van der Waals surface area contributed by atoms with Crippen molar-refractivity contribution in [3.05, 3.63) is 84.7 Å². The van der Waals surface area contributed by atoms with Gasteiger partial charge in [0.05, 0.1) is 35.5 Å². The van der Waals surface area contributed by atoms with E-state index in [9.17, 15) is 19.8 Å². The Morgan fingerprint density at radius 1 is 1.03 bits per heavy atom. The van der Waals surface area contributed by atoms with Crippen LogP contribution < -0.4 is 5.32 Å². The third kappa shape index (κ3) is 4.09. The summed E-state index contributed by atoms with van der Waals surface area (Å²) in [6, 6.07) is 20.5. The molecule has 0 saturated carbocycles. The highest BCUT2D eigenvalue weighted by molar-refractivity contribution is 6.06. The number of aliphatic hydroxyl groups excluding tert-OH is 1. The minimum Gasteiger partial charge on any atom is -0.465 e. The SMILES string of the molecule is O=C(Nc1cc(-c2cccc3[nH]ccc23)cc2[nH]ncc12)C1CN(C(=O)O)C(Cc2ccccc2)C1O. The lowest BCUT2D eigenvalue weighted by Crippen LogP contribution is -2.40. The molecule has 3 aromatic carbocycles. The van der Waals surface area contributed by atoms with E-state index in [4.69, 9.17) is 0 Å². The van der Waals surface area contributed by atoms with Gasteiger partial charge < -0.3 is 25.4 Å². The maximum absolute atomic E-state index is 13.4. The van der Waals surface area contributed by atoms with Crippen molar-refractivity contribution in [2.75, 3.05) is 11.9 Å². The monoisotopic (exact) mass is 495 g/mol. The number of fused-ring (bicyclic) bond motifs is 2. The zero-order valence-corrected chi connectivity index (χ0v) is 19.8. The van der Waals surface area contributed by atoms with Crippen molar-refractivity contribution in [3.63, 3.8) is 0 Å². The second-order valence-corrected chi connectivity index (χ2v) is 9.38. The summed E-state index contributed by atoms with van der Waals surface area (Å²) in [5, 5.41) is 32.7. The fraction of sp³-hybridized carbons (Fsp3) is 0.179. The first-order chi connectivity index (χ1) is 18.0. The number of hydrogen-bond donors (Lipinski definition) is 5. The van der Waals surface area contributed by atoms with Gasteiger partial charge in [-0.15, -0.1) is 0 Å². The van der Waals surface area contributed by atoms with Crippen LogP contribution in [-0.4, -0.2) is 61.0 Å². The number of benzene rings is 3. The number of nitrogens with zero attached hydrogens (tertiary/aromatic N) is 2. The van der Waals surface area contributed by atoms with Gasteiger partial charge >= 0.3 is 6.09 Å². The molecule has 3 heterocycles. The predicted octanol–water partition coefficient (Wildman–Crippen LogP) is 4.23. The topological polar surface area (TPSA) is 134 Å². The zero-order chi connectivity index (χ0) is 25.5. The molecule has 186 valence electrons. The summed E-state index contributed by atoms with van der Waals surface area (Å²) < 4.78 is 0. The molecule has 0 radical (unpaired) electrons. The molecular formula is C28H25N5O4. The van der Waals surface area contributed by atoms with Gasteiger partial charge in [0, 0.05) is 29.0 Å². The summed E-state index contributed by atoms with van der Waals surface area (Å²) in [4.78, 5) is 29.8. The van der Waals surface area contributed by atoms with Crippen molar-refractivity contribution in [2.24, 2.45) is 5.92 Å². The molecule has 2 amide bonds. The van der Waals surface area contributed by atoms with E-state index < -0.39 is 30.1 Å². The van der Waals surface area contributed by atoms with Gasteiger partial charge in [0.1, 0.15) is 0 Å². The van der Waals surface area contributed by atoms with Gasteiger partial charge in [-0.2, -0.15) is 5.10 Å². The van der Waals surface area contributed by atoms with Crippen molar-refractivity contribution in [3.8, 4) is 11.1 Å². The Bertz CT molecular complexity index is 1610. The molecule has 0 spiro atoms. The molecule has 1 aliphatic rings. The predicted molar refractivity (Wildman–Crippen MR) is 140 cm³/mol. The number of aromatic nitrogens is 3. The standard InChI is InChI=1S/C28H25N5O4/c34-26-21(15-33(28(36)37)25(26)11-16-5-2-1-3-6-16)27(35)31-23-12-17(13-24-20(23)14-30-32-24)18-7-4-8-22-19(18)9-10-29-22/h1-10,12-14,21,25-26,29,34H,11,15H2,(H,30,32)(H,31,35)(H,36,37). The number of nitrogens with one attached hydrogen (secondary N) is 3. The first kappa shape index (κ1) is 22.8. The van der Waals surface area contributed by atoms with E-state index in [1.165, 1.54) is 4.90 Å². The van der Waals surface area contributed by atoms with Crippen molar-refractivity contribution in [1.29, 1.82) is 0 Å². The molecule has 5 aromatic rings. The highest BCUT2D eigenvalue weighted by atomic mass is 16.4. The van der Waals surface area contributed by atoms with Crippen LogP contribution in [0.4, 0.5) is 10.5 Å². The van der Waals surface area contributed by atoms with E-state index in [1.54, 1.807) is 6.20 Å². The van der Waals surface area contributed by atoms with Crippen LogP contribution in [0.25, 0.3) is 32.9 Å². The van der Waals surface area contributed by atoms with Gasteiger partial charge in [-0.3, -0.25) is 9.89 Å². The van der Waals surface area contributed by atoms with Crippen molar-refractivity contribution in [1.82, 2.24) is 20.1 Å². The number of carbonyl (C=O) groups excluding carboxylic acids is 1. The number of likely N-dealkylation sites (tertiary alicyclic amines) is 1. The normalized spacial score (nSPS) is 19.5. The Balaban J connectivity index is 1.31. The van der Waals surface area contributed by atoms with Crippen molar-refractivity contribution < 1.29 is 19.8 Å². The fourth-order valence-corrected chi connectivity index (χ4v) is 5.32. The lowest BCUT2D eigenvalue weighted by Gasteiger charge is -2.23. The fourth-order valence-electron chi connectivity index (χ4n) is 5.32. The number of anilines is 1. The van der Waals surface area contributed by atoms with Crippen LogP contribution in [0.2, 0.25) is 0 Å². The zero-order valence-electron chi connectivity index (χ0n) is 19.8. The Morgan fingerprint density at radius 2 is 1.86 bits per heavy atom. The largest absolute Gasteiger partial charge is 0.465 e. The van der Waals surface area contributed by atoms with Crippen LogP contribution in [0.5, 0.6) is 0 Å². The quantitative estimate of drug-likeness (QED) is 0.249. The smallest absolute Gasteiger partial charge is 0.407 e. The summed E-state index contributed by atoms with van der Waals surface area (Å²) in [6.07, 6.45) is 1.54. The molecule has 37 heavy (non-hydrogen) atoms. The molecule has 2 aromatic heterocycles. The number of aromatic amines is 2. The van der Waals surface area contributed by atoms with Gasteiger partial charge in [-0.1, -0.05) is 42.5 Å². The number of carboxylic acid groups (broad SMARTS) is 1. The van der Waals surface area contributed by atoms with E-state index >= 15 is 0 Å². The summed E-state index contributed by atoms with van der Waals surface area (Å²) in [5.74, 6) is -1.35. The molecule has 0 bridgehead atoms. The maximum atomic E-state index is 13.4. The van der Waals surface area contributed by atoms with Crippen LogP contribution in [-0.2, 0) is 11.2 Å². The summed E-state index contributed by atoms with van der Waals surface area (Å²) >= 11 is 0. The molecule has 0 aliphatic carbocycles. The Kier molecular flexibility index (Phi) is 5.61. The molecule has 3 atom stereocenters. The number of H-pyrrole nitrogens is 2. The second-order valence-electron chi connectivity index (χ2n) is 9.38. The average molecular weight is 496 g/mol. The molecule has 1 saturated heterocycles. The van der Waals surface area contributed by atoms with Gasteiger partial charge in [0.2, 0.25) is 5.91 Å². The summed E-state index contributed by atoms with van der Waals surface area (Å²) in [7, 11) is 0. The van der Waals surface area contributed by atoms with E-state index in [0.717, 1.165) is 38.5 Å². The molecular weight excluding hydrogens is 470 g/mol. The third-order valence-electron chi connectivity index (χ3n) is 7.19. The van der Waals surface area contributed by atoms with Gasteiger partial charge in [-0.05, 0) is 47.4 Å². The molecule has 9 heteroatoms. The van der Waals surface area contributed by atoms with Crippen LogP contribution in [0.3, 0.4) is 0 Å². The van der Waals surface area contributed by atoms with Crippen LogP contribution in [0.15, 0.2) is 79.1 Å². The summed E-state index contributed by atoms with van der Waals surface area (Å²) in [6.45, 7) is -0.0866. The van der Waals surface area contributed by atoms with Crippen molar-refractivity contribution >= 4 is 39.5 Å². The minimum absolute atomic E-state index is 0.0866. The number of carbonyl (C=O) groups is 2. The molecule has 1 aliphatic heterocycles. The van der Waals surface area contributed by atoms with Gasteiger partial charge in [-0.25, -0.2) is 4.79 Å². The molecule has 1 fully saturated rings. The Morgan fingerprint density at radius 3 is 2.68 bits per heavy atom. The highest BCUT2D eigenvalue weighted by Crippen LogP contribution is 2.35. The first-order valence-corrected chi connectivity index (χ1v) is 12.1. The minimum atomic E-state index is -1.16. The van der Waals surface area contributed by atoms with Crippen LogP contribution >= 0.6 is 0 Å². The second kappa shape index (κ2) is 9.11. The van der Waals surface area contributed by atoms with E-state index in [2.05, 4.69) is 20.5 Å². The van der Waals surface area contributed by atoms with E-state index in [0.29, 0.717) is 12.1 Å². The molecule has 5 N–H and O–H groups in total. The third-order valence-corrected chi connectivity index (χ3v) is 7.19. The number of aliphatic hydroxyl groups is 1.